The van der Waals surface area contributed by atoms with Crippen molar-refractivity contribution >= 4 is 11.4 Å². The Kier molecular flexibility index (Phi) is 3.97. The zero-order chi connectivity index (χ0) is 16.4. The van der Waals surface area contributed by atoms with E-state index in [1.165, 1.54) is 16.6 Å². The van der Waals surface area contributed by atoms with Crippen LogP contribution in [0.15, 0.2) is 53.7 Å². The smallest absolute Gasteiger partial charge is 0.291 e. The molecule has 0 fully saturated rings. The van der Waals surface area contributed by atoms with Crippen LogP contribution in [0.1, 0.15) is 24.1 Å². The highest BCUT2D eigenvalue weighted by Gasteiger charge is 2.18. The zero-order valence-electron chi connectivity index (χ0n) is 13.1. The van der Waals surface area contributed by atoms with E-state index in [9.17, 15) is 9.59 Å². The highest BCUT2D eigenvalue weighted by atomic mass is 16.2. The summed E-state index contributed by atoms with van der Waals surface area (Å²) in [7, 11) is 0. The number of aromatic nitrogens is 3. The molecular weight excluding hydrogens is 292 g/mol. The summed E-state index contributed by atoms with van der Waals surface area (Å²) in [6.45, 7) is 4.10. The molecule has 1 atom stereocenters. The number of benzene rings is 1. The van der Waals surface area contributed by atoms with Gasteiger partial charge in [-0.1, -0.05) is 29.8 Å². The van der Waals surface area contributed by atoms with Crippen LogP contribution < -0.4 is 10.9 Å². The summed E-state index contributed by atoms with van der Waals surface area (Å²) >= 11 is 0. The highest BCUT2D eigenvalue weighted by molar-refractivity contribution is 5.79. The van der Waals surface area contributed by atoms with E-state index < -0.39 is 6.04 Å². The Bertz CT molecular complexity index is 893. The maximum absolute atomic E-state index is 12.3. The second-order valence-corrected chi connectivity index (χ2v) is 5.56. The lowest BCUT2D eigenvalue weighted by atomic mass is 10.1. The molecule has 0 aliphatic rings. The maximum atomic E-state index is 12.3. The van der Waals surface area contributed by atoms with Gasteiger partial charge in [-0.3, -0.25) is 9.59 Å². The third-order valence-corrected chi connectivity index (χ3v) is 3.84. The molecule has 0 unspecified atom stereocenters. The summed E-state index contributed by atoms with van der Waals surface area (Å²) in [5, 5.41) is 6.91. The monoisotopic (exact) mass is 310 g/mol. The van der Waals surface area contributed by atoms with Crippen LogP contribution >= 0.6 is 0 Å². The Morgan fingerprint density at radius 1 is 1.26 bits per heavy atom. The molecule has 3 aromatic rings. The van der Waals surface area contributed by atoms with Crippen LogP contribution in [0.4, 0.5) is 0 Å². The Morgan fingerprint density at radius 2 is 2.00 bits per heavy atom. The number of carbonyl (C=O) groups excluding carboxylic acids is 1. The molecular formula is C17H18N4O2. The molecule has 1 N–H and O–H groups in total. The number of nitrogens with one attached hydrogen (secondary N) is 1. The van der Waals surface area contributed by atoms with E-state index in [1.807, 2.05) is 31.2 Å². The Hall–Kier alpha value is -2.89. The fraction of sp³-hybridized carbons (Fsp3) is 0.235. The van der Waals surface area contributed by atoms with Crippen molar-refractivity contribution in [2.45, 2.75) is 26.4 Å². The minimum Gasteiger partial charge on any atom is -0.350 e. The van der Waals surface area contributed by atoms with E-state index in [-0.39, 0.29) is 11.5 Å². The predicted octanol–water partition coefficient (Wildman–Crippen LogP) is 1.68. The third kappa shape index (κ3) is 3.01. The summed E-state index contributed by atoms with van der Waals surface area (Å²) in [6.07, 6.45) is 3.27. The van der Waals surface area contributed by atoms with Gasteiger partial charge in [-0.15, -0.1) is 0 Å². The fourth-order valence-corrected chi connectivity index (χ4v) is 2.39. The van der Waals surface area contributed by atoms with Crippen molar-refractivity contribution in [3.63, 3.8) is 0 Å². The van der Waals surface area contributed by atoms with Gasteiger partial charge in [0.25, 0.3) is 5.56 Å². The molecule has 118 valence electrons. The highest BCUT2D eigenvalue weighted by Crippen LogP contribution is 2.06. The first kappa shape index (κ1) is 15.0. The number of carbonyl (C=O) groups is 1. The standard InChI is InChI=1S/C17H18N4O2/c1-12-5-7-14(8-6-12)10-18-16(22)13(2)21-17(23)15-4-3-9-20(15)11-19-21/h3-9,11,13H,10H2,1-2H3,(H,18,22)/t13-/m1/s1. The first-order valence-corrected chi connectivity index (χ1v) is 7.44. The number of hydrogen-bond donors (Lipinski definition) is 1. The average molecular weight is 310 g/mol. The number of nitrogens with zero attached hydrogens (tertiary/aromatic N) is 3. The van der Waals surface area contributed by atoms with Gasteiger partial charge in [0.1, 0.15) is 17.9 Å². The maximum Gasteiger partial charge on any atom is 0.291 e. The van der Waals surface area contributed by atoms with Gasteiger partial charge >= 0.3 is 0 Å². The van der Waals surface area contributed by atoms with Crippen molar-refractivity contribution in [2.24, 2.45) is 0 Å². The molecule has 3 rings (SSSR count). The van der Waals surface area contributed by atoms with Gasteiger partial charge in [0, 0.05) is 12.7 Å². The van der Waals surface area contributed by atoms with E-state index in [0.29, 0.717) is 12.1 Å². The molecule has 0 radical (unpaired) electrons. The Morgan fingerprint density at radius 3 is 2.74 bits per heavy atom. The van der Waals surface area contributed by atoms with Crippen LogP contribution in [0.2, 0.25) is 0 Å². The predicted molar refractivity (Wildman–Crippen MR) is 87.2 cm³/mol. The molecule has 1 aromatic carbocycles. The largest absolute Gasteiger partial charge is 0.350 e. The lowest BCUT2D eigenvalue weighted by Crippen LogP contribution is -2.37. The third-order valence-electron chi connectivity index (χ3n) is 3.84. The van der Waals surface area contributed by atoms with Gasteiger partial charge in [-0.25, -0.2) is 4.68 Å². The number of rotatable bonds is 4. The van der Waals surface area contributed by atoms with Crippen molar-refractivity contribution in [3.05, 3.63) is 70.4 Å². The van der Waals surface area contributed by atoms with Crippen molar-refractivity contribution in [2.75, 3.05) is 0 Å². The molecule has 23 heavy (non-hydrogen) atoms. The van der Waals surface area contributed by atoms with Crippen LogP contribution in [0.5, 0.6) is 0 Å². The zero-order valence-corrected chi connectivity index (χ0v) is 13.1. The molecule has 6 heteroatoms. The average Bonchev–Trinajstić information content (AvgIpc) is 3.03. The van der Waals surface area contributed by atoms with Crippen molar-refractivity contribution < 1.29 is 4.79 Å². The number of hydrogen-bond acceptors (Lipinski definition) is 3. The molecule has 1 amide bonds. The van der Waals surface area contributed by atoms with Crippen molar-refractivity contribution in [3.8, 4) is 0 Å². The second kappa shape index (κ2) is 6.08. The molecule has 0 aliphatic heterocycles. The molecule has 6 nitrogen and oxygen atoms in total. The topological polar surface area (TPSA) is 68.4 Å². The molecule has 0 saturated carbocycles. The molecule has 0 saturated heterocycles. The quantitative estimate of drug-likeness (QED) is 0.797. The van der Waals surface area contributed by atoms with Gasteiger partial charge in [0.15, 0.2) is 0 Å². The molecule has 2 heterocycles. The first-order chi connectivity index (χ1) is 11.1. The Balaban J connectivity index is 1.74. The molecule has 0 spiro atoms. The molecule has 0 bridgehead atoms. The van der Waals surface area contributed by atoms with Crippen LogP contribution in [0.25, 0.3) is 5.52 Å². The minimum absolute atomic E-state index is 0.240. The molecule has 0 aliphatic carbocycles. The number of amides is 1. The summed E-state index contributed by atoms with van der Waals surface area (Å²) in [5.74, 6) is -0.240. The molecule has 2 aromatic heterocycles. The van der Waals surface area contributed by atoms with Crippen molar-refractivity contribution in [1.29, 1.82) is 0 Å². The second-order valence-electron chi connectivity index (χ2n) is 5.56. The van der Waals surface area contributed by atoms with Crippen LogP contribution in [0, 0.1) is 6.92 Å². The van der Waals surface area contributed by atoms with E-state index in [4.69, 9.17) is 0 Å². The minimum atomic E-state index is -0.673. The summed E-state index contributed by atoms with van der Waals surface area (Å²) in [6, 6.07) is 10.7. The van der Waals surface area contributed by atoms with Crippen LogP contribution in [-0.4, -0.2) is 20.1 Å². The van der Waals surface area contributed by atoms with Gasteiger partial charge in [-0.05, 0) is 31.5 Å². The van der Waals surface area contributed by atoms with Gasteiger partial charge in [-0.2, -0.15) is 5.10 Å². The van der Waals surface area contributed by atoms with Gasteiger partial charge in [0.2, 0.25) is 5.91 Å². The summed E-state index contributed by atoms with van der Waals surface area (Å²) in [5.41, 5.74) is 2.40. The number of aryl methyl sites for hydroxylation is 1. The fourth-order valence-electron chi connectivity index (χ4n) is 2.39. The van der Waals surface area contributed by atoms with Crippen molar-refractivity contribution in [1.82, 2.24) is 19.5 Å². The van der Waals surface area contributed by atoms with E-state index in [0.717, 1.165) is 5.56 Å². The first-order valence-electron chi connectivity index (χ1n) is 7.44. The van der Waals surface area contributed by atoms with Gasteiger partial charge < -0.3 is 9.72 Å². The lowest BCUT2D eigenvalue weighted by Gasteiger charge is -2.14. The van der Waals surface area contributed by atoms with Crippen LogP contribution in [0.3, 0.4) is 0 Å². The van der Waals surface area contributed by atoms with Gasteiger partial charge in [0.05, 0.1) is 0 Å². The van der Waals surface area contributed by atoms with Crippen LogP contribution in [-0.2, 0) is 11.3 Å². The van der Waals surface area contributed by atoms with E-state index in [1.54, 1.807) is 29.7 Å². The number of fused-ring (bicyclic) bond motifs is 1. The van der Waals surface area contributed by atoms with E-state index in [2.05, 4.69) is 10.4 Å². The summed E-state index contributed by atoms with van der Waals surface area (Å²) in [4.78, 5) is 24.6. The lowest BCUT2D eigenvalue weighted by molar-refractivity contribution is -0.124. The summed E-state index contributed by atoms with van der Waals surface area (Å²) < 4.78 is 2.84. The van der Waals surface area contributed by atoms with E-state index >= 15 is 0 Å². The Labute approximate surface area is 133 Å². The normalized spacial score (nSPS) is 12.3. The SMILES string of the molecule is Cc1ccc(CNC(=O)[C@@H](C)n2ncn3cccc3c2=O)cc1.